The van der Waals surface area contributed by atoms with Crippen molar-refractivity contribution in [3.63, 3.8) is 0 Å². The monoisotopic (exact) mass is 313 g/mol. The standard InChI is InChI=1S/C15H24BrNO/c1-3-5-10-17(4-2)11-9-15(18)13-7-6-8-14(16)12-13/h6-8,12,15,18H,3-5,9-11H2,1-2H3. The number of nitrogens with zero attached hydrogens (tertiary/aromatic N) is 1. The van der Waals surface area contributed by atoms with Crippen LogP contribution in [0.4, 0.5) is 0 Å². The maximum absolute atomic E-state index is 10.2. The minimum atomic E-state index is -0.363. The van der Waals surface area contributed by atoms with Gasteiger partial charge in [0.1, 0.15) is 0 Å². The molecule has 3 heteroatoms. The van der Waals surface area contributed by atoms with Crippen molar-refractivity contribution >= 4 is 15.9 Å². The predicted molar refractivity (Wildman–Crippen MR) is 80.7 cm³/mol. The molecule has 0 aliphatic heterocycles. The Bertz CT molecular complexity index is 343. The van der Waals surface area contributed by atoms with E-state index in [2.05, 4.69) is 34.7 Å². The normalized spacial score (nSPS) is 12.9. The van der Waals surface area contributed by atoms with Crippen molar-refractivity contribution in [3.05, 3.63) is 34.3 Å². The van der Waals surface area contributed by atoms with Gasteiger partial charge < -0.3 is 10.0 Å². The minimum absolute atomic E-state index is 0.363. The predicted octanol–water partition coefficient (Wildman–Crippen LogP) is 3.99. The van der Waals surface area contributed by atoms with Gasteiger partial charge in [0.05, 0.1) is 6.10 Å². The SMILES string of the molecule is CCCCN(CC)CCC(O)c1cccc(Br)c1. The van der Waals surface area contributed by atoms with E-state index in [1.807, 2.05) is 24.3 Å². The molecule has 0 amide bonds. The molecule has 1 aromatic carbocycles. The molecule has 0 radical (unpaired) electrons. The molecule has 0 heterocycles. The van der Waals surface area contributed by atoms with E-state index in [0.717, 1.165) is 36.1 Å². The number of hydrogen-bond acceptors (Lipinski definition) is 2. The molecule has 1 unspecified atom stereocenters. The molecule has 0 saturated heterocycles. The number of benzene rings is 1. The van der Waals surface area contributed by atoms with E-state index < -0.39 is 0 Å². The van der Waals surface area contributed by atoms with Crippen LogP contribution in [0.25, 0.3) is 0 Å². The number of aliphatic hydroxyl groups is 1. The van der Waals surface area contributed by atoms with Gasteiger partial charge in [0.25, 0.3) is 0 Å². The lowest BCUT2D eigenvalue weighted by Gasteiger charge is -2.21. The third-order valence-corrected chi connectivity index (χ3v) is 3.72. The van der Waals surface area contributed by atoms with Crippen LogP contribution >= 0.6 is 15.9 Å². The van der Waals surface area contributed by atoms with Crippen LogP contribution in [0.2, 0.25) is 0 Å². The quantitative estimate of drug-likeness (QED) is 0.784. The Morgan fingerprint density at radius 1 is 1.28 bits per heavy atom. The number of aliphatic hydroxyl groups excluding tert-OH is 1. The molecule has 0 saturated carbocycles. The Morgan fingerprint density at radius 2 is 2.06 bits per heavy atom. The van der Waals surface area contributed by atoms with E-state index in [-0.39, 0.29) is 6.10 Å². The van der Waals surface area contributed by atoms with Crippen LogP contribution in [0.1, 0.15) is 44.8 Å². The molecule has 18 heavy (non-hydrogen) atoms. The molecule has 1 atom stereocenters. The fraction of sp³-hybridized carbons (Fsp3) is 0.600. The first-order chi connectivity index (χ1) is 8.67. The van der Waals surface area contributed by atoms with Gasteiger partial charge in [0.15, 0.2) is 0 Å². The highest BCUT2D eigenvalue weighted by Crippen LogP contribution is 2.20. The van der Waals surface area contributed by atoms with Crippen LogP contribution in [0.3, 0.4) is 0 Å². The van der Waals surface area contributed by atoms with Crippen LogP contribution in [-0.2, 0) is 0 Å². The van der Waals surface area contributed by atoms with Crippen LogP contribution in [-0.4, -0.2) is 29.6 Å². The summed E-state index contributed by atoms with van der Waals surface area (Å²) in [4.78, 5) is 2.41. The average molecular weight is 314 g/mol. The van der Waals surface area contributed by atoms with Crippen LogP contribution in [0, 0.1) is 0 Å². The van der Waals surface area contributed by atoms with Crippen molar-refractivity contribution in [1.82, 2.24) is 4.90 Å². The van der Waals surface area contributed by atoms with Gasteiger partial charge in [0, 0.05) is 11.0 Å². The lowest BCUT2D eigenvalue weighted by Crippen LogP contribution is -2.26. The molecule has 0 fully saturated rings. The fourth-order valence-corrected chi connectivity index (χ4v) is 2.41. The minimum Gasteiger partial charge on any atom is -0.388 e. The van der Waals surface area contributed by atoms with Gasteiger partial charge >= 0.3 is 0 Å². The summed E-state index contributed by atoms with van der Waals surface area (Å²) < 4.78 is 1.03. The maximum atomic E-state index is 10.2. The molecule has 1 rings (SSSR count). The summed E-state index contributed by atoms with van der Waals surface area (Å²) in [5.74, 6) is 0. The largest absolute Gasteiger partial charge is 0.388 e. The Kier molecular flexibility index (Phi) is 7.56. The van der Waals surface area contributed by atoms with Crippen molar-refractivity contribution in [1.29, 1.82) is 0 Å². The van der Waals surface area contributed by atoms with Gasteiger partial charge in [-0.15, -0.1) is 0 Å². The molecule has 1 N–H and O–H groups in total. The zero-order valence-electron chi connectivity index (χ0n) is 11.4. The smallest absolute Gasteiger partial charge is 0.0802 e. The van der Waals surface area contributed by atoms with Gasteiger partial charge in [-0.2, -0.15) is 0 Å². The molecular weight excluding hydrogens is 290 g/mol. The molecule has 2 nitrogen and oxygen atoms in total. The van der Waals surface area contributed by atoms with Crippen LogP contribution < -0.4 is 0 Å². The summed E-state index contributed by atoms with van der Waals surface area (Å²) in [6, 6.07) is 7.93. The van der Waals surface area contributed by atoms with E-state index in [9.17, 15) is 5.11 Å². The highest BCUT2D eigenvalue weighted by molar-refractivity contribution is 9.10. The van der Waals surface area contributed by atoms with Gasteiger partial charge in [-0.1, -0.05) is 48.3 Å². The molecule has 0 aliphatic carbocycles. The highest BCUT2D eigenvalue weighted by Gasteiger charge is 2.10. The molecule has 0 aliphatic rings. The second-order valence-electron chi connectivity index (χ2n) is 4.65. The number of rotatable bonds is 8. The highest BCUT2D eigenvalue weighted by atomic mass is 79.9. The van der Waals surface area contributed by atoms with Crippen molar-refractivity contribution in [2.45, 2.75) is 39.2 Å². The third kappa shape index (κ3) is 5.51. The molecule has 0 spiro atoms. The van der Waals surface area contributed by atoms with Crippen molar-refractivity contribution in [2.75, 3.05) is 19.6 Å². The number of halogens is 1. The summed E-state index contributed by atoms with van der Waals surface area (Å²) in [5.41, 5.74) is 0.996. The van der Waals surface area contributed by atoms with Crippen LogP contribution in [0.15, 0.2) is 28.7 Å². The Hall–Kier alpha value is -0.380. The summed E-state index contributed by atoms with van der Waals surface area (Å²) in [6.07, 6.45) is 2.90. The molecule has 0 bridgehead atoms. The van der Waals surface area contributed by atoms with Gasteiger partial charge in [-0.3, -0.25) is 0 Å². The average Bonchev–Trinajstić information content (AvgIpc) is 2.38. The van der Waals surface area contributed by atoms with Crippen molar-refractivity contribution in [2.24, 2.45) is 0 Å². The fourth-order valence-electron chi connectivity index (χ4n) is 2.00. The lowest BCUT2D eigenvalue weighted by atomic mass is 10.1. The molecule has 102 valence electrons. The van der Waals surface area contributed by atoms with Crippen molar-refractivity contribution in [3.8, 4) is 0 Å². The zero-order chi connectivity index (χ0) is 13.4. The summed E-state index contributed by atoms with van der Waals surface area (Å²) in [6.45, 7) is 7.55. The zero-order valence-corrected chi connectivity index (χ0v) is 13.0. The van der Waals surface area contributed by atoms with Gasteiger partial charge in [-0.05, 0) is 43.6 Å². The van der Waals surface area contributed by atoms with Gasteiger partial charge in [0.2, 0.25) is 0 Å². The van der Waals surface area contributed by atoms with E-state index in [0.29, 0.717) is 0 Å². The van der Waals surface area contributed by atoms with Crippen LogP contribution in [0.5, 0.6) is 0 Å². The van der Waals surface area contributed by atoms with E-state index in [4.69, 9.17) is 0 Å². The molecule has 0 aromatic heterocycles. The summed E-state index contributed by atoms with van der Waals surface area (Å²) in [5, 5.41) is 10.2. The van der Waals surface area contributed by atoms with E-state index >= 15 is 0 Å². The Balaban J connectivity index is 2.42. The lowest BCUT2D eigenvalue weighted by molar-refractivity contribution is 0.143. The Labute approximate surface area is 119 Å². The van der Waals surface area contributed by atoms with Crippen molar-refractivity contribution < 1.29 is 5.11 Å². The summed E-state index contributed by atoms with van der Waals surface area (Å²) >= 11 is 3.44. The molecular formula is C15H24BrNO. The second kappa shape index (κ2) is 8.68. The first-order valence-corrected chi connectivity index (χ1v) is 7.62. The van der Waals surface area contributed by atoms with E-state index in [1.165, 1.54) is 12.8 Å². The van der Waals surface area contributed by atoms with E-state index in [1.54, 1.807) is 0 Å². The number of hydrogen-bond donors (Lipinski definition) is 1. The first-order valence-electron chi connectivity index (χ1n) is 6.83. The van der Waals surface area contributed by atoms with Gasteiger partial charge in [-0.25, -0.2) is 0 Å². The second-order valence-corrected chi connectivity index (χ2v) is 5.56. The topological polar surface area (TPSA) is 23.5 Å². The third-order valence-electron chi connectivity index (χ3n) is 3.23. The summed E-state index contributed by atoms with van der Waals surface area (Å²) in [7, 11) is 0. The first kappa shape index (κ1) is 15.7. The number of unbranched alkanes of at least 4 members (excludes halogenated alkanes) is 1. The molecule has 1 aromatic rings. The maximum Gasteiger partial charge on any atom is 0.0802 e. The Morgan fingerprint density at radius 3 is 2.67 bits per heavy atom.